The molecule has 1 aliphatic carbocycles. The molecule has 0 unspecified atom stereocenters. The van der Waals surface area contributed by atoms with E-state index in [-0.39, 0.29) is 0 Å². The minimum atomic E-state index is 0.292. The van der Waals surface area contributed by atoms with Crippen LogP contribution in [-0.4, -0.2) is 72.5 Å². The average molecular weight is 599 g/mol. The van der Waals surface area contributed by atoms with E-state index < -0.39 is 0 Å². The van der Waals surface area contributed by atoms with Gasteiger partial charge >= 0.3 is 0 Å². The number of nitrogens with zero attached hydrogens (tertiary/aromatic N) is 3. The van der Waals surface area contributed by atoms with Gasteiger partial charge < -0.3 is 30.2 Å². The van der Waals surface area contributed by atoms with Crippen molar-refractivity contribution in [2.24, 2.45) is 7.05 Å². The molecule has 1 saturated heterocycles. The van der Waals surface area contributed by atoms with Crippen LogP contribution in [0.15, 0.2) is 61.7 Å². The van der Waals surface area contributed by atoms with Gasteiger partial charge in [0.05, 0.1) is 29.5 Å². The molecular formula is C33H51ClN6O2. The van der Waals surface area contributed by atoms with Crippen molar-refractivity contribution in [1.82, 2.24) is 25.1 Å². The zero-order valence-electron chi connectivity index (χ0n) is 26.4. The Kier molecular flexibility index (Phi) is 18.1. The number of allylic oxidation sites excluding steroid dienone is 4. The Balaban J connectivity index is 0.000000393. The SMILES string of the molecule is C/C=C\CCc1ccc(Cl)cc1/C(=C\C)CC(=N)c1cncn1C.C=CNC.COC1(C)CC1.O=CN1CCNCC1. The van der Waals surface area contributed by atoms with E-state index in [0.29, 0.717) is 17.7 Å². The second-order valence-corrected chi connectivity index (χ2v) is 10.7. The topological polar surface area (TPSA) is 95.3 Å². The van der Waals surface area contributed by atoms with E-state index in [0.717, 1.165) is 67.3 Å². The van der Waals surface area contributed by atoms with E-state index in [2.05, 4.69) is 53.4 Å². The van der Waals surface area contributed by atoms with E-state index in [1.54, 1.807) is 30.7 Å². The number of carbonyl (C=O) groups excluding carboxylic acids is 1. The summed E-state index contributed by atoms with van der Waals surface area (Å²) >= 11 is 6.23. The molecular weight excluding hydrogens is 548 g/mol. The molecule has 1 saturated carbocycles. The lowest BCUT2D eigenvalue weighted by molar-refractivity contribution is -0.118. The van der Waals surface area contributed by atoms with Gasteiger partial charge in [0.25, 0.3) is 0 Å². The van der Waals surface area contributed by atoms with Crippen molar-refractivity contribution in [3.05, 3.63) is 83.6 Å². The van der Waals surface area contributed by atoms with Crippen molar-refractivity contribution in [1.29, 1.82) is 5.41 Å². The van der Waals surface area contributed by atoms with Gasteiger partial charge in [-0.3, -0.25) is 4.79 Å². The number of nitrogens with one attached hydrogen (secondary N) is 3. The van der Waals surface area contributed by atoms with E-state index >= 15 is 0 Å². The minimum Gasteiger partial charge on any atom is -0.394 e. The third-order valence-electron chi connectivity index (χ3n) is 7.03. The van der Waals surface area contributed by atoms with Crippen molar-refractivity contribution >= 4 is 29.3 Å². The number of benzene rings is 1. The summed E-state index contributed by atoms with van der Waals surface area (Å²) in [4.78, 5) is 15.9. The van der Waals surface area contributed by atoms with E-state index in [1.165, 1.54) is 18.4 Å². The highest BCUT2D eigenvalue weighted by Crippen LogP contribution is 2.37. The van der Waals surface area contributed by atoms with Gasteiger partial charge in [-0.25, -0.2) is 4.98 Å². The van der Waals surface area contributed by atoms with Crippen LogP contribution in [0.25, 0.3) is 5.57 Å². The first-order chi connectivity index (χ1) is 20.2. The summed E-state index contributed by atoms with van der Waals surface area (Å²) < 4.78 is 6.92. The predicted molar refractivity (Wildman–Crippen MR) is 177 cm³/mol. The fourth-order valence-corrected chi connectivity index (χ4v) is 4.09. The van der Waals surface area contributed by atoms with Crippen LogP contribution in [0, 0.1) is 5.41 Å². The monoisotopic (exact) mass is 598 g/mol. The van der Waals surface area contributed by atoms with Crippen LogP contribution in [0.1, 0.15) is 63.3 Å². The molecule has 4 rings (SSSR count). The van der Waals surface area contributed by atoms with E-state index in [1.807, 2.05) is 44.6 Å². The normalized spacial score (nSPS) is 15.2. The quantitative estimate of drug-likeness (QED) is 0.176. The van der Waals surface area contributed by atoms with E-state index in [4.69, 9.17) is 21.7 Å². The molecule has 2 fully saturated rings. The highest BCUT2D eigenvalue weighted by atomic mass is 35.5. The Morgan fingerprint density at radius 1 is 1.29 bits per heavy atom. The van der Waals surface area contributed by atoms with Gasteiger partial charge in [0.1, 0.15) is 0 Å². The summed E-state index contributed by atoms with van der Waals surface area (Å²) in [6.45, 7) is 13.2. The lowest BCUT2D eigenvalue weighted by Crippen LogP contribution is -2.42. The largest absolute Gasteiger partial charge is 0.394 e. The average Bonchev–Trinajstić information content (AvgIpc) is 3.62. The Bertz CT molecular complexity index is 1150. The maximum Gasteiger partial charge on any atom is 0.209 e. The third-order valence-corrected chi connectivity index (χ3v) is 7.26. The first-order valence-corrected chi connectivity index (χ1v) is 14.9. The van der Waals surface area contributed by atoms with Crippen LogP contribution in [-0.2, 0) is 23.0 Å². The summed E-state index contributed by atoms with van der Waals surface area (Å²) in [5.74, 6) is 0. The van der Waals surface area contributed by atoms with Crippen LogP contribution in [0.4, 0.5) is 0 Å². The lowest BCUT2D eigenvalue weighted by atomic mass is 9.92. The molecule has 1 aliphatic heterocycles. The van der Waals surface area contributed by atoms with Crippen molar-refractivity contribution in [2.45, 2.75) is 58.5 Å². The molecule has 9 heteroatoms. The maximum absolute atomic E-state index is 10.1. The molecule has 1 amide bonds. The van der Waals surface area contributed by atoms with Crippen molar-refractivity contribution in [2.75, 3.05) is 40.3 Å². The molecule has 2 aliphatic rings. The number of aryl methyl sites for hydroxylation is 2. The number of hydrogen-bond acceptors (Lipinski definition) is 6. The second-order valence-electron chi connectivity index (χ2n) is 10.3. The minimum absolute atomic E-state index is 0.292. The van der Waals surface area contributed by atoms with Gasteiger partial charge in [-0.2, -0.15) is 0 Å². The molecule has 1 aromatic heterocycles. The molecule has 42 heavy (non-hydrogen) atoms. The molecule has 8 nitrogen and oxygen atoms in total. The highest BCUT2D eigenvalue weighted by Gasteiger charge is 2.36. The summed E-state index contributed by atoms with van der Waals surface area (Å²) in [5.41, 5.74) is 5.22. The molecule has 1 aromatic carbocycles. The van der Waals surface area contributed by atoms with Gasteiger partial charge in [0, 0.05) is 58.8 Å². The molecule has 0 spiro atoms. The van der Waals surface area contributed by atoms with Crippen LogP contribution in [0.3, 0.4) is 0 Å². The Labute approximate surface area is 258 Å². The van der Waals surface area contributed by atoms with Crippen molar-refractivity contribution < 1.29 is 9.53 Å². The van der Waals surface area contributed by atoms with Gasteiger partial charge in [-0.1, -0.05) is 42.5 Å². The number of amides is 1. The summed E-state index contributed by atoms with van der Waals surface area (Å²) in [6.07, 6.45) is 17.3. The second kappa shape index (κ2) is 20.6. The number of imidazole rings is 1. The number of aromatic nitrogens is 2. The summed E-state index contributed by atoms with van der Waals surface area (Å²) in [5, 5.41) is 15.0. The zero-order valence-corrected chi connectivity index (χ0v) is 27.1. The van der Waals surface area contributed by atoms with Crippen LogP contribution < -0.4 is 10.6 Å². The Morgan fingerprint density at radius 2 is 1.95 bits per heavy atom. The fraction of sp³-hybridized carbons (Fsp3) is 0.485. The number of piperazine rings is 1. The van der Waals surface area contributed by atoms with Crippen LogP contribution >= 0.6 is 11.6 Å². The lowest BCUT2D eigenvalue weighted by Gasteiger charge is -2.22. The number of halogens is 1. The molecule has 0 atom stereocenters. The maximum atomic E-state index is 10.1. The molecule has 0 bridgehead atoms. The van der Waals surface area contributed by atoms with Crippen molar-refractivity contribution in [3.63, 3.8) is 0 Å². The van der Waals surface area contributed by atoms with Gasteiger partial charge in [0.15, 0.2) is 0 Å². The third kappa shape index (κ3) is 14.1. The van der Waals surface area contributed by atoms with Gasteiger partial charge in [0.2, 0.25) is 6.41 Å². The van der Waals surface area contributed by atoms with Crippen molar-refractivity contribution in [3.8, 4) is 0 Å². The van der Waals surface area contributed by atoms with Gasteiger partial charge in [-0.15, -0.1) is 0 Å². The smallest absolute Gasteiger partial charge is 0.209 e. The number of hydrogen-bond donors (Lipinski definition) is 3. The number of methoxy groups -OCH3 is 1. The number of rotatable bonds is 10. The molecule has 232 valence electrons. The first-order valence-electron chi connectivity index (χ1n) is 14.5. The fourth-order valence-electron chi connectivity index (χ4n) is 3.92. The van der Waals surface area contributed by atoms with Crippen LogP contribution in [0.2, 0.25) is 5.02 Å². The number of carbonyl (C=O) groups is 1. The van der Waals surface area contributed by atoms with Gasteiger partial charge in [-0.05, 0) is 81.5 Å². The molecule has 0 radical (unpaired) electrons. The molecule has 3 N–H and O–H groups in total. The standard InChI is InChI=1S/C20H24ClN3.C5H10N2O.C5H10O.C3H7N/c1-4-6-7-8-16-9-10-17(21)12-18(16)15(5-2)11-19(22)20-13-23-14-24(20)3;8-5-7-3-1-6-2-4-7;1-5(6-2)3-4-5;1-3-4-2/h4-6,9-10,12-14,22H,7-8,11H2,1-3H3;5-6H,1-4H2;3-4H2,1-2H3;3-4H,1H2,2H3/b6-4-,15-5-,22-19?;;;. The molecule has 2 heterocycles. The summed E-state index contributed by atoms with van der Waals surface area (Å²) in [7, 11) is 5.49. The highest BCUT2D eigenvalue weighted by molar-refractivity contribution is 6.30. The zero-order chi connectivity index (χ0) is 31.4. The number of ether oxygens (including phenoxy) is 1. The first kappa shape index (κ1) is 36.8. The van der Waals surface area contributed by atoms with E-state index in [9.17, 15) is 4.79 Å². The predicted octanol–water partition coefficient (Wildman–Crippen LogP) is 6.03. The Hall–Kier alpha value is -3.20. The summed E-state index contributed by atoms with van der Waals surface area (Å²) in [6, 6.07) is 6.05. The Morgan fingerprint density at radius 3 is 2.38 bits per heavy atom. The molecule has 2 aromatic rings. The van der Waals surface area contributed by atoms with Crippen LogP contribution in [0.5, 0.6) is 0 Å².